The van der Waals surface area contributed by atoms with E-state index in [1.54, 1.807) is 6.07 Å². The lowest BCUT2D eigenvalue weighted by Gasteiger charge is -2.14. The van der Waals surface area contributed by atoms with Crippen molar-refractivity contribution in [1.29, 1.82) is 0 Å². The van der Waals surface area contributed by atoms with Gasteiger partial charge in [0.25, 0.3) is 0 Å². The standard InChI is InChI=1S/C17H22N2O2/c1-9-5-6-14(20)17-13(7-10(2)16(9)17)18-8-15-19-11(3)12(4)21-15/h5-6,10,13,18,20H,7-8H2,1-4H3. The molecule has 0 radical (unpaired) electrons. The van der Waals surface area contributed by atoms with Crippen LogP contribution < -0.4 is 5.32 Å². The van der Waals surface area contributed by atoms with Crippen molar-refractivity contribution in [3.63, 3.8) is 0 Å². The third kappa shape index (κ3) is 2.44. The fourth-order valence-corrected chi connectivity index (χ4v) is 3.35. The van der Waals surface area contributed by atoms with Crippen molar-refractivity contribution in [1.82, 2.24) is 10.3 Å². The number of hydrogen-bond acceptors (Lipinski definition) is 4. The molecular formula is C17H22N2O2. The number of aromatic nitrogens is 1. The molecule has 1 heterocycles. The highest BCUT2D eigenvalue weighted by Gasteiger charge is 2.32. The number of rotatable bonds is 3. The van der Waals surface area contributed by atoms with Gasteiger partial charge in [0, 0.05) is 11.6 Å². The second-order valence-electron chi connectivity index (χ2n) is 6.05. The van der Waals surface area contributed by atoms with E-state index in [2.05, 4.69) is 24.1 Å². The quantitative estimate of drug-likeness (QED) is 0.904. The van der Waals surface area contributed by atoms with Crippen molar-refractivity contribution >= 4 is 0 Å². The molecule has 1 aliphatic rings. The molecule has 0 saturated heterocycles. The zero-order valence-electron chi connectivity index (χ0n) is 13.0. The molecule has 0 fully saturated rings. The van der Waals surface area contributed by atoms with E-state index in [4.69, 9.17) is 4.42 Å². The predicted octanol–water partition coefficient (Wildman–Crippen LogP) is 3.64. The number of benzene rings is 1. The highest BCUT2D eigenvalue weighted by Crippen LogP contribution is 2.45. The summed E-state index contributed by atoms with van der Waals surface area (Å²) in [7, 11) is 0. The topological polar surface area (TPSA) is 58.3 Å². The molecule has 0 spiro atoms. The van der Waals surface area contributed by atoms with Gasteiger partial charge in [0.2, 0.25) is 5.89 Å². The van der Waals surface area contributed by atoms with E-state index in [1.807, 2.05) is 19.9 Å². The molecular weight excluding hydrogens is 264 g/mol. The summed E-state index contributed by atoms with van der Waals surface area (Å²) in [4.78, 5) is 4.39. The number of oxazole rings is 1. The summed E-state index contributed by atoms with van der Waals surface area (Å²) in [5, 5.41) is 13.7. The summed E-state index contributed by atoms with van der Waals surface area (Å²) in [5.41, 5.74) is 4.52. The lowest BCUT2D eigenvalue weighted by molar-refractivity contribution is 0.407. The SMILES string of the molecule is Cc1ccc(O)c2c1C(C)CC2NCc1nc(C)c(C)o1. The van der Waals surface area contributed by atoms with Crippen molar-refractivity contribution < 1.29 is 9.52 Å². The van der Waals surface area contributed by atoms with E-state index < -0.39 is 0 Å². The Balaban J connectivity index is 1.82. The molecule has 112 valence electrons. The van der Waals surface area contributed by atoms with Crippen LogP contribution in [-0.2, 0) is 6.54 Å². The van der Waals surface area contributed by atoms with Gasteiger partial charge in [-0.2, -0.15) is 0 Å². The number of aryl methyl sites for hydroxylation is 3. The largest absolute Gasteiger partial charge is 0.508 e. The van der Waals surface area contributed by atoms with Crippen molar-refractivity contribution in [2.75, 3.05) is 0 Å². The maximum atomic E-state index is 10.2. The Kier molecular flexibility index (Phi) is 3.49. The summed E-state index contributed by atoms with van der Waals surface area (Å²) in [6.45, 7) is 8.78. The molecule has 2 aromatic rings. The lowest BCUT2D eigenvalue weighted by atomic mass is 9.97. The van der Waals surface area contributed by atoms with Gasteiger partial charge in [0.1, 0.15) is 11.5 Å². The molecule has 1 aromatic heterocycles. The Bertz CT molecular complexity index is 656. The van der Waals surface area contributed by atoms with Crippen LogP contribution in [0.25, 0.3) is 0 Å². The number of fused-ring (bicyclic) bond motifs is 1. The number of nitrogens with zero attached hydrogens (tertiary/aromatic N) is 1. The van der Waals surface area contributed by atoms with Crippen LogP contribution in [0.4, 0.5) is 0 Å². The summed E-state index contributed by atoms with van der Waals surface area (Å²) in [6.07, 6.45) is 0.992. The van der Waals surface area contributed by atoms with Crippen LogP contribution in [0, 0.1) is 20.8 Å². The number of nitrogens with one attached hydrogen (secondary N) is 1. The highest BCUT2D eigenvalue weighted by molar-refractivity contribution is 5.50. The van der Waals surface area contributed by atoms with Gasteiger partial charge >= 0.3 is 0 Å². The first-order valence-corrected chi connectivity index (χ1v) is 7.46. The maximum absolute atomic E-state index is 10.2. The first kappa shape index (κ1) is 14.1. The van der Waals surface area contributed by atoms with Gasteiger partial charge in [-0.3, -0.25) is 0 Å². The maximum Gasteiger partial charge on any atom is 0.208 e. The van der Waals surface area contributed by atoms with Crippen LogP contribution in [0.5, 0.6) is 5.75 Å². The molecule has 0 aliphatic heterocycles. The van der Waals surface area contributed by atoms with Gasteiger partial charge in [0.15, 0.2) is 0 Å². The Morgan fingerprint density at radius 1 is 1.29 bits per heavy atom. The summed E-state index contributed by atoms with van der Waals surface area (Å²) in [5.74, 6) is 2.42. The van der Waals surface area contributed by atoms with Gasteiger partial charge in [-0.1, -0.05) is 13.0 Å². The minimum absolute atomic E-state index is 0.155. The van der Waals surface area contributed by atoms with E-state index in [0.29, 0.717) is 24.1 Å². The Labute approximate surface area is 125 Å². The molecule has 0 bridgehead atoms. The molecule has 2 atom stereocenters. The van der Waals surface area contributed by atoms with Gasteiger partial charge in [-0.05, 0) is 50.3 Å². The van der Waals surface area contributed by atoms with Gasteiger partial charge in [-0.15, -0.1) is 0 Å². The highest BCUT2D eigenvalue weighted by atomic mass is 16.4. The Morgan fingerprint density at radius 3 is 2.71 bits per heavy atom. The van der Waals surface area contributed by atoms with Gasteiger partial charge < -0.3 is 14.8 Å². The van der Waals surface area contributed by atoms with Crippen molar-refractivity contribution in [3.8, 4) is 5.75 Å². The normalized spacial score (nSPS) is 20.8. The number of phenols is 1. The number of aromatic hydroxyl groups is 1. The van der Waals surface area contributed by atoms with Gasteiger partial charge in [0.05, 0.1) is 12.2 Å². The molecule has 1 aromatic carbocycles. The Hall–Kier alpha value is -1.81. The zero-order chi connectivity index (χ0) is 15.1. The minimum Gasteiger partial charge on any atom is -0.508 e. The average Bonchev–Trinajstić information content (AvgIpc) is 2.93. The molecule has 3 rings (SSSR count). The fourth-order valence-electron chi connectivity index (χ4n) is 3.35. The van der Waals surface area contributed by atoms with E-state index in [1.165, 1.54) is 11.1 Å². The molecule has 2 N–H and O–H groups in total. The van der Waals surface area contributed by atoms with Crippen molar-refractivity contribution in [2.24, 2.45) is 0 Å². The predicted molar refractivity (Wildman–Crippen MR) is 81.4 cm³/mol. The van der Waals surface area contributed by atoms with Gasteiger partial charge in [-0.25, -0.2) is 4.98 Å². The molecule has 0 saturated carbocycles. The summed E-state index contributed by atoms with van der Waals surface area (Å²) < 4.78 is 5.61. The zero-order valence-corrected chi connectivity index (χ0v) is 13.0. The van der Waals surface area contributed by atoms with E-state index in [9.17, 15) is 5.11 Å². The van der Waals surface area contributed by atoms with Crippen LogP contribution in [0.1, 0.15) is 59.3 Å². The minimum atomic E-state index is 0.155. The second kappa shape index (κ2) is 5.19. The number of phenolic OH excluding ortho intramolecular Hbond substituents is 1. The van der Waals surface area contributed by atoms with Crippen LogP contribution in [0.3, 0.4) is 0 Å². The average molecular weight is 286 g/mol. The van der Waals surface area contributed by atoms with Crippen LogP contribution in [0.15, 0.2) is 16.5 Å². The third-order valence-electron chi connectivity index (χ3n) is 4.49. The Morgan fingerprint density at radius 2 is 2.05 bits per heavy atom. The summed E-state index contributed by atoms with van der Waals surface area (Å²) >= 11 is 0. The smallest absolute Gasteiger partial charge is 0.208 e. The number of hydrogen-bond donors (Lipinski definition) is 2. The van der Waals surface area contributed by atoms with E-state index in [-0.39, 0.29) is 6.04 Å². The molecule has 21 heavy (non-hydrogen) atoms. The molecule has 2 unspecified atom stereocenters. The molecule has 1 aliphatic carbocycles. The third-order valence-corrected chi connectivity index (χ3v) is 4.49. The van der Waals surface area contributed by atoms with Crippen molar-refractivity contribution in [2.45, 2.75) is 52.6 Å². The monoisotopic (exact) mass is 286 g/mol. The second-order valence-corrected chi connectivity index (χ2v) is 6.05. The first-order chi connectivity index (χ1) is 9.97. The van der Waals surface area contributed by atoms with E-state index >= 15 is 0 Å². The van der Waals surface area contributed by atoms with Crippen molar-refractivity contribution in [3.05, 3.63) is 46.2 Å². The fraction of sp³-hybridized carbons (Fsp3) is 0.471. The molecule has 4 heteroatoms. The molecule has 4 nitrogen and oxygen atoms in total. The van der Waals surface area contributed by atoms with Crippen LogP contribution >= 0.6 is 0 Å². The van der Waals surface area contributed by atoms with Crippen LogP contribution in [-0.4, -0.2) is 10.1 Å². The lowest BCUT2D eigenvalue weighted by Crippen LogP contribution is -2.19. The van der Waals surface area contributed by atoms with Crippen LogP contribution in [0.2, 0.25) is 0 Å². The van der Waals surface area contributed by atoms with E-state index in [0.717, 1.165) is 23.4 Å². The molecule has 0 amide bonds. The first-order valence-electron chi connectivity index (χ1n) is 7.46. The summed E-state index contributed by atoms with van der Waals surface area (Å²) in [6, 6.07) is 3.94.